The Balaban J connectivity index is 3.40. The lowest BCUT2D eigenvalue weighted by molar-refractivity contribution is -0.395. The van der Waals surface area contributed by atoms with Crippen LogP contribution in [0.1, 0.15) is 0 Å². The molecule has 9 nitrogen and oxygen atoms in total. The summed E-state index contributed by atoms with van der Waals surface area (Å²) in [5.74, 6) is -0.911. The molecule has 0 aromatic heterocycles. The van der Waals surface area contributed by atoms with E-state index < -0.39 is 38.3 Å². The summed E-state index contributed by atoms with van der Waals surface area (Å²) in [6.45, 7) is 0. The first kappa shape index (κ1) is 12.0. The molecule has 10 heteroatoms. The minimum atomic E-state index is -3.13. The van der Waals surface area contributed by atoms with Gasteiger partial charge in [-0.1, -0.05) is 0 Å². The van der Waals surface area contributed by atoms with Crippen LogP contribution in [0.5, 0.6) is 5.75 Å². The molecular weight excluding hydrogens is 244 g/mol. The van der Waals surface area contributed by atoms with Crippen molar-refractivity contribution in [1.82, 2.24) is 0 Å². The van der Waals surface area contributed by atoms with Crippen molar-refractivity contribution in [3.8, 4) is 5.75 Å². The highest BCUT2D eigenvalue weighted by atomic mass is 32.2. The number of para-hydroxylation sites is 1. The molecule has 0 saturated carbocycles. The van der Waals surface area contributed by atoms with E-state index in [1.807, 2.05) is 0 Å². The first-order valence-corrected chi connectivity index (χ1v) is 4.63. The Morgan fingerprint density at radius 2 is 1.56 bits per heavy atom. The third-order valence-corrected chi connectivity index (χ3v) is 1.82. The molecule has 0 aliphatic heterocycles. The van der Waals surface area contributed by atoms with Gasteiger partial charge in [0.05, 0.1) is 9.85 Å². The van der Waals surface area contributed by atoms with Gasteiger partial charge in [0.15, 0.2) is 0 Å². The standard InChI is InChI=1S/C6H4N2O7S/c9-7(10)4-2-1-3-5(8(11)12)6(4)15-16(13)14/h1-3H,(H,13,14)/p-1. The van der Waals surface area contributed by atoms with Crippen molar-refractivity contribution >= 4 is 22.7 Å². The fourth-order valence-electron chi connectivity index (χ4n) is 0.954. The lowest BCUT2D eigenvalue weighted by Gasteiger charge is -2.07. The predicted octanol–water partition coefficient (Wildman–Crippen LogP) is 0.676. The number of hydrogen-bond acceptors (Lipinski definition) is 7. The average Bonchev–Trinajstić information content (AvgIpc) is 2.16. The van der Waals surface area contributed by atoms with Crippen LogP contribution in [-0.2, 0) is 11.4 Å². The van der Waals surface area contributed by atoms with E-state index in [2.05, 4.69) is 4.18 Å². The molecule has 0 aliphatic carbocycles. The zero-order valence-corrected chi connectivity index (χ0v) is 8.21. The number of nitrogens with zero attached hydrogens (tertiary/aromatic N) is 2. The summed E-state index contributed by atoms with van der Waals surface area (Å²) in [5, 5.41) is 21.0. The van der Waals surface area contributed by atoms with Crippen molar-refractivity contribution in [3.63, 3.8) is 0 Å². The molecule has 0 heterocycles. The zero-order valence-electron chi connectivity index (χ0n) is 7.39. The molecule has 1 rings (SSSR count). The largest absolute Gasteiger partial charge is 0.740 e. The van der Waals surface area contributed by atoms with Crippen molar-refractivity contribution in [2.75, 3.05) is 0 Å². The van der Waals surface area contributed by atoms with Gasteiger partial charge < -0.3 is 8.74 Å². The van der Waals surface area contributed by atoms with Crippen molar-refractivity contribution in [2.45, 2.75) is 0 Å². The zero-order chi connectivity index (χ0) is 12.3. The van der Waals surface area contributed by atoms with E-state index in [0.717, 1.165) is 18.2 Å². The van der Waals surface area contributed by atoms with Crippen molar-refractivity contribution < 1.29 is 22.8 Å². The number of nitro groups is 2. The first-order chi connectivity index (χ1) is 7.43. The van der Waals surface area contributed by atoms with E-state index in [-0.39, 0.29) is 0 Å². The maximum Gasteiger partial charge on any atom is 0.319 e. The van der Waals surface area contributed by atoms with Crippen LogP contribution in [-0.4, -0.2) is 18.6 Å². The minimum absolute atomic E-state index is 0.793. The molecule has 0 radical (unpaired) electrons. The van der Waals surface area contributed by atoms with Crippen LogP contribution in [0.3, 0.4) is 0 Å². The number of benzene rings is 1. The Bertz CT molecular complexity index is 442. The van der Waals surface area contributed by atoms with E-state index in [9.17, 15) is 29.0 Å². The normalized spacial score (nSPS) is 11.8. The molecule has 0 saturated heterocycles. The summed E-state index contributed by atoms with van der Waals surface area (Å²) in [5.41, 5.74) is -1.59. The van der Waals surface area contributed by atoms with Gasteiger partial charge in [-0.15, -0.1) is 0 Å². The second-order valence-electron chi connectivity index (χ2n) is 2.43. The lowest BCUT2D eigenvalue weighted by atomic mass is 10.2. The summed E-state index contributed by atoms with van der Waals surface area (Å²) in [7, 11) is 0. The maximum atomic E-state index is 10.5. The van der Waals surface area contributed by atoms with E-state index in [0.29, 0.717) is 0 Å². The van der Waals surface area contributed by atoms with Gasteiger partial charge in [0.2, 0.25) is 0 Å². The molecule has 1 aromatic rings. The molecule has 0 N–H and O–H groups in total. The van der Waals surface area contributed by atoms with Crippen LogP contribution in [0.2, 0.25) is 0 Å². The number of rotatable bonds is 4. The number of hydrogen-bond donors (Lipinski definition) is 0. The molecule has 1 atom stereocenters. The molecule has 86 valence electrons. The molecule has 1 unspecified atom stereocenters. The van der Waals surface area contributed by atoms with Gasteiger partial charge in [0, 0.05) is 12.1 Å². The maximum absolute atomic E-state index is 10.5. The molecule has 0 fully saturated rings. The van der Waals surface area contributed by atoms with Gasteiger partial charge in [-0.05, 0) is 6.07 Å². The van der Waals surface area contributed by atoms with E-state index in [1.54, 1.807) is 0 Å². The Hall–Kier alpha value is -2.07. The second kappa shape index (κ2) is 4.63. The molecular formula is C6H3N2O7S-. The highest BCUT2D eigenvalue weighted by molar-refractivity contribution is 7.74. The summed E-state index contributed by atoms with van der Waals surface area (Å²) in [6, 6.07) is 2.85. The van der Waals surface area contributed by atoms with Crippen molar-refractivity contribution in [2.24, 2.45) is 0 Å². The number of nitro benzene ring substituents is 2. The third kappa shape index (κ3) is 2.49. The van der Waals surface area contributed by atoms with Gasteiger partial charge in [0.1, 0.15) is 11.4 Å². The fourth-order valence-corrected chi connectivity index (χ4v) is 1.26. The lowest BCUT2D eigenvalue weighted by Crippen LogP contribution is -2.04. The average molecular weight is 247 g/mol. The van der Waals surface area contributed by atoms with Crippen LogP contribution in [0, 0.1) is 20.2 Å². The van der Waals surface area contributed by atoms with Gasteiger partial charge in [-0.2, -0.15) is 0 Å². The molecule has 0 bridgehead atoms. The summed E-state index contributed by atoms with van der Waals surface area (Å²) in [4.78, 5) is 19.0. The molecule has 0 aliphatic rings. The monoisotopic (exact) mass is 247 g/mol. The van der Waals surface area contributed by atoms with Crippen LogP contribution < -0.4 is 4.18 Å². The van der Waals surface area contributed by atoms with Crippen LogP contribution in [0.25, 0.3) is 0 Å². The van der Waals surface area contributed by atoms with Crippen LogP contribution in [0.15, 0.2) is 18.2 Å². The van der Waals surface area contributed by atoms with Crippen LogP contribution in [0.4, 0.5) is 11.4 Å². The van der Waals surface area contributed by atoms with E-state index >= 15 is 0 Å². The highest BCUT2D eigenvalue weighted by Gasteiger charge is 2.26. The Morgan fingerprint density at radius 1 is 1.12 bits per heavy atom. The quantitative estimate of drug-likeness (QED) is 0.433. The Morgan fingerprint density at radius 3 is 1.88 bits per heavy atom. The topological polar surface area (TPSA) is 136 Å². The summed E-state index contributed by atoms with van der Waals surface area (Å²) >= 11 is -3.13. The molecule has 0 spiro atoms. The van der Waals surface area contributed by atoms with Gasteiger partial charge in [0.25, 0.3) is 5.75 Å². The van der Waals surface area contributed by atoms with Crippen molar-refractivity contribution in [1.29, 1.82) is 0 Å². The molecule has 1 aromatic carbocycles. The van der Waals surface area contributed by atoms with Gasteiger partial charge >= 0.3 is 11.4 Å². The summed E-state index contributed by atoms with van der Waals surface area (Å²) in [6.07, 6.45) is 0. The van der Waals surface area contributed by atoms with Gasteiger partial charge in [-0.25, -0.2) is 4.21 Å². The SMILES string of the molecule is O=[N+]([O-])c1cccc([N+](=O)[O-])c1OS(=O)[O-]. The Kier molecular flexibility index (Phi) is 3.48. The fraction of sp³-hybridized carbons (Fsp3) is 0. The predicted molar refractivity (Wildman–Crippen MR) is 49.3 cm³/mol. The van der Waals surface area contributed by atoms with Crippen LogP contribution >= 0.6 is 0 Å². The van der Waals surface area contributed by atoms with Crippen molar-refractivity contribution in [3.05, 3.63) is 38.4 Å². The first-order valence-electron chi connectivity index (χ1n) is 3.63. The molecule has 16 heavy (non-hydrogen) atoms. The Labute approximate surface area is 90.4 Å². The van der Waals surface area contributed by atoms with Gasteiger partial charge in [-0.3, -0.25) is 20.2 Å². The minimum Gasteiger partial charge on any atom is -0.740 e. The van der Waals surface area contributed by atoms with E-state index in [1.165, 1.54) is 0 Å². The molecule has 0 amide bonds. The highest BCUT2D eigenvalue weighted by Crippen LogP contribution is 2.36. The van der Waals surface area contributed by atoms with E-state index in [4.69, 9.17) is 0 Å². The second-order valence-corrected chi connectivity index (χ2v) is 3.00. The smallest absolute Gasteiger partial charge is 0.319 e. The summed E-state index contributed by atoms with van der Waals surface area (Å²) < 4.78 is 24.5. The third-order valence-electron chi connectivity index (χ3n) is 1.52.